The van der Waals surface area contributed by atoms with Crippen molar-refractivity contribution in [3.8, 4) is 0 Å². The van der Waals surface area contributed by atoms with E-state index < -0.39 is 22.8 Å². The van der Waals surface area contributed by atoms with Crippen molar-refractivity contribution in [1.82, 2.24) is 0 Å². The summed E-state index contributed by atoms with van der Waals surface area (Å²) >= 11 is 1.20. The van der Waals surface area contributed by atoms with Gasteiger partial charge in [-0.2, -0.15) is 0 Å². The van der Waals surface area contributed by atoms with Crippen molar-refractivity contribution in [3.05, 3.63) is 35.6 Å². The number of halogens is 2. The Morgan fingerprint density at radius 1 is 1.44 bits per heavy atom. The highest BCUT2D eigenvalue weighted by atomic mass is 32.2. The lowest BCUT2D eigenvalue weighted by molar-refractivity contribution is 0.157. The van der Waals surface area contributed by atoms with Gasteiger partial charge in [0.05, 0.1) is 16.9 Å². The molecule has 5 heteroatoms. The number of hydrogen-bond donors (Lipinski definition) is 1. The van der Waals surface area contributed by atoms with Gasteiger partial charge in [0.1, 0.15) is 17.5 Å². The topological polar surface area (TPSA) is 32.6 Å². The minimum Gasteiger partial charge on any atom is -0.395 e. The van der Waals surface area contributed by atoms with E-state index in [1.54, 1.807) is 32.0 Å². The lowest BCUT2D eigenvalue weighted by Gasteiger charge is -2.38. The van der Waals surface area contributed by atoms with Gasteiger partial charge in [-0.3, -0.25) is 4.99 Å². The van der Waals surface area contributed by atoms with Gasteiger partial charge in [-0.1, -0.05) is 18.2 Å². The smallest absolute Gasteiger partial charge is 0.144 e. The number of alkyl halides is 1. The van der Waals surface area contributed by atoms with E-state index in [1.165, 1.54) is 17.8 Å². The van der Waals surface area contributed by atoms with Gasteiger partial charge in [0.15, 0.2) is 0 Å². The quantitative estimate of drug-likeness (QED) is 0.897. The van der Waals surface area contributed by atoms with Crippen LogP contribution in [-0.2, 0) is 5.54 Å². The molecule has 0 bridgehead atoms. The summed E-state index contributed by atoms with van der Waals surface area (Å²) in [6.07, 6.45) is -1.42. The second-order valence-corrected chi connectivity index (χ2v) is 5.93. The highest BCUT2D eigenvalue weighted by Crippen LogP contribution is 2.42. The summed E-state index contributed by atoms with van der Waals surface area (Å²) in [6, 6.07) is 6.07. The van der Waals surface area contributed by atoms with Crippen LogP contribution < -0.4 is 0 Å². The fraction of sp³-hybridized carbons (Fsp3) is 0.462. The molecule has 0 aromatic heterocycles. The van der Waals surface area contributed by atoms with Crippen LogP contribution in [0.15, 0.2) is 29.3 Å². The van der Waals surface area contributed by atoms with Crippen LogP contribution in [0.3, 0.4) is 0 Å². The molecule has 1 aromatic rings. The Morgan fingerprint density at radius 2 is 2.11 bits per heavy atom. The molecule has 0 radical (unpaired) electrons. The summed E-state index contributed by atoms with van der Waals surface area (Å²) in [5, 5.41) is 9.27. The molecule has 1 aliphatic rings. The SMILES string of the molecule is CC1=N[C@](C)(c2ccccc2F)[C@@H](F)[C@@H](CO)S1. The maximum Gasteiger partial charge on any atom is 0.144 e. The van der Waals surface area contributed by atoms with Crippen molar-refractivity contribution >= 4 is 16.8 Å². The summed E-state index contributed by atoms with van der Waals surface area (Å²) in [5.41, 5.74) is -1.04. The first-order chi connectivity index (χ1) is 8.49. The molecule has 2 rings (SSSR count). The van der Waals surface area contributed by atoms with Crippen LogP contribution in [0.2, 0.25) is 0 Å². The molecule has 1 aromatic carbocycles. The van der Waals surface area contributed by atoms with E-state index in [2.05, 4.69) is 4.99 Å². The molecule has 0 spiro atoms. The molecule has 1 N–H and O–H groups in total. The standard InChI is InChI=1S/C13H15F2NOS/c1-8-16-13(2,12(15)11(7-17)18-8)9-5-3-4-6-10(9)14/h3-6,11-12,17H,7H2,1-2H3/t11-,12+,13-/m1/s1. The van der Waals surface area contributed by atoms with Gasteiger partial charge in [0.25, 0.3) is 0 Å². The molecule has 0 unspecified atom stereocenters. The predicted octanol–water partition coefficient (Wildman–Crippen LogP) is 2.91. The summed E-state index contributed by atoms with van der Waals surface area (Å²) < 4.78 is 28.3. The van der Waals surface area contributed by atoms with Crippen LogP contribution in [0.5, 0.6) is 0 Å². The fourth-order valence-corrected chi connectivity index (χ4v) is 3.41. The minimum absolute atomic E-state index is 0.232. The Bertz CT molecular complexity index is 480. The Balaban J connectivity index is 2.52. The Morgan fingerprint density at radius 3 is 2.72 bits per heavy atom. The highest BCUT2D eigenvalue weighted by molar-refractivity contribution is 8.14. The highest BCUT2D eigenvalue weighted by Gasteiger charge is 2.46. The maximum atomic E-state index is 14.5. The fourth-order valence-electron chi connectivity index (χ4n) is 2.27. The third-order valence-electron chi connectivity index (χ3n) is 3.17. The summed E-state index contributed by atoms with van der Waals surface area (Å²) in [4.78, 5) is 4.28. The molecule has 0 saturated heterocycles. The molecular weight excluding hydrogens is 256 g/mol. The van der Waals surface area contributed by atoms with Crippen LogP contribution in [0.1, 0.15) is 19.4 Å². The van der Waals surface area contributed by atoms with Gasteiger partial charge >= 0.3 is 0 Å². The number of hydrogen-bond acceptors (Lipinski definition) is 3. The zero-order valence-electron chi connectivity index (χ0n) is 10.2. The average Bonchev–Trinajstić information content (AvgIpc) is 2.34. The third kappa shape index (κ3) is 2.17. The monoisotopic (exact) mass is 271 g/mol. The van der Waals surface area contributed by atoms with Crippen molar-refractivity contribution < 1.29 is 13.9 Å². The van der Waals surface area contributed by atoms with Gasteiger partial charge in [0.2, 0.25) is 0 Å². The lowest BCUT2D eigenvalue weighted by atomic mass is 9.85. The largest absolute Gasteiger partial charge is 0.395 e. The Hall–Kier alpha value is -0.940. The molecule has 2 nitrogen and oxygen atoms in total. The van der Waals surface area contributed by atoms with E-state index in [0.717, 1.165) is 0 Å². The number of aliphatic imine (C=N–C) groups is 1. The second-order valence-electron chi connectivity index (χ2n) is 4.50. The Labute approximate surface area is 109 Å². The number of aliphatic hydroxyl groups excluding tert-OH is 1. The number of benzene rings is 1. The molecule has 1 heterocycles. The molecule has 0 saturated carbocycles. The summed E-state index contributed by atoms with van der Waals surface area (Å²) in [6.45, 7) is 3.03. The summed E-state index contributed by atoms with van der Waals surface area (Å²) in [5.74, 6) is -0.470. The van der Waals surface area contributed by atoms with E-state index >= 15 is 0 Å². The molecule has 1 aliphatic heterocycles. The van der Waals surface area contributed by atoms with Gasteiger partial charge < -0.3 is 5.11 Å². The first-order valence-corrected chi connectivity index (χ1v) is 6.60. The van der Waals surface area contributed by atoms with Crippen molar-refractivity contribution in [2.45, 2.75) is 30.8 Å². The normalized spacial score (nSPS) is 32.2. The molecule has 0 aliphatic carbocycles. The van der Waals surface area contributed by atoms with Crippen molar-refractivity contribution in [2.24, 2.45) is 4.99 Å². The first kappa shape index (κ1) is 13.5. The van der Waals surface area contributed by atoms with Crippen LogP contribution in [-0.4, -0.2) is 28.2 Å². The zero-order chi connectivity index (χ0) is 13.3. The van der Waals surface area contributed by atoms with E-state index in [9.17, 15) is 13.9 Å². The van der Waals surface area contributed by atoms with Gasteiger partial charge in [0, 0.05) is 5.56 Å². The van der Waals surface area contributed by atoms with Crippen molar-refractivity contribution in [2.75, 3.05) is 6.61 Å². The molecule has 0 amide bonds. The number of nitrogens with zero attached hydrogens (tertiary/aromatic N) is 1. The predicted molar refractivity (Wildman–Crippen MR) is 70.2 cm³/mol. The third-order valence-corrected chi connectivity index (χ3v) is 4.30. The molecule has 18 heavy (non-hydrogen) atoms. The van der Waals surface area contributed by atoms with Crippen LogP contribution in [0.4, 0.5) is 8.78 Å². The zero-order valence-corrected chi connectivity index (χ0v) is 11.0. The summed E-state index contributed by atoms with van der Waals surface area (Å²) in [7, 11) is 0. The van der Waals surface area contributed by atoms with Crippen LogP contribution >= 0.6 is 11.8 Å². The van der Waals surface area contributed by atoms with E-state index in [1.807, 2.05) is 0 Å². The number of aliphatic hydroxyl groups is 1. The average molecular weight is 271 g/mol. The van der Waals surface area contributed by atoms with Crippen molar-refractivity contribution in [1.29, 1.82) is 0 Å². The van der Waals surface area contributed by atoms with E-state index in [-0.39, 0.29) is 12.2 Å². The molecule has 3 atom stereocenters. The molecular formula is C13H15F2NOS. The Kier molecular flexibility index (Phi) is 3.73. The van der Waals surface area contributed by atoms with Crippen molar-refractivity contribution in [3.63, 3.8) is 0 Å². The first-order valence-electron chi connectivity index (χ1n) is 5.72. The maximum absolute atomic E-state index is 14.5. The molecule has 98 valence electrons. The minimum atomic E-state index is -1.42. The molecule has 0 fully saturated rings. The van der Waals surface area contributed by atoms with Crippen LogP contribution in [0, 0.1) is 5.82 Å². The van der Waals surface area contributed by atoms with Gasteiger partial charge in [-0.15, -0.1) is 11.8 Å². The van der Waals surface area contributed by atoms with Crippen LogP contribution in [0.25, 0.3) is 0 Å². The number of thioether (sulfide) groups is 1. The van der Waals surface area contributed by atoms with Gasteiger partial charge in [-0.05, 0) is 19.9 Å². The lowest BCUT2D eigenvalue weighted by Crippen LogP contribution is -2.45. The second kappa shape index (κ2) is 4.97. The number of rotatable bonds is 2. The van der Waals surface area contributed by atoms with Gasteiger partial charge in [-0.25, -0.2) is 8.78 Å². The van der Waals surface area contributed by atoms with E-state index in [0.29, 0.717) is 5.04 Å². The van der Waals surface area contributed by atoms with E-state index in [4.69, 9.17) is 0 Å².